The van der Waals surface area contributed by atoms with E-state index in [1.54, 1.807) is 29.2 Å². The van der Waals surface area contributed by atoms with Gasteiger partial charge < -0.3 is 20.7 Å². The zero-order valence-electron chi connectivity index (χ0n) is 14.1. The van der Waals surface area contributed by atoms with E-state index >= 15 is 0 Å². The van der Waals surface area contributed by atoms with Crippen LogP contribution < -0.4 is 11.1 Å². The third-order valence-corrected chi connectivity index (χ3v) is 4.66. The van der Waals surface area contributed by atoms with E-state index < -0.39 is 6.03 Å². The van der Waals surface area contributed by atoms with Crippen LogP contribution in [0, 0.1) is 5.41 Å². The molecule has 1 aliphatic carbocycles. The predicted molar refractivity (Wildman–Crippen MR) is 89.3 cm³/mol. The van der Waals surface area contributed by atoms with Crippen molar-refractivity contribution in [2.45, 2.75) is 39.3 Å². The van der Waals surface area contributed by atoms with Crippen LogP contribution >= 0.6 is 0 Å². The molecule has 0 aromatic heterocycles. The lowest BCUT2D eigenvalue weighted by molar-refractivity contribution is -0.136. The monoisotopic (exact) mass is 319 g/mol. The number of hydrogen-bond donors (Lipinski definition) is 2. The number of nitrogens with one attached hydrogen (secondary N) is 1. The molecule has 126 valence electrons. The maximum Gasteiger partial charge on any atom is 0.316 e. The first-order valence-electron chi connectivity index (χ1n) is 7.82. The second-order valence-electron chi connectivity index (χ2n) is 6.50. The summed E-state index contributed by atoms with van der Waals surface area (Å²) in [6.45, 7) is 6.90. The number of amides is 3. The fraction of sp³-hybridized carbons (Fsp3) is 0.529. The highest BCUT2D eigenvalue weighted by atomic mass is 16.5. The van der Waals surface area contributed by atoms with Gasteiger partial charge in [0.15, 0.2) is 0 Å². The molecular weight excluding hydrogens is 294 g/mol. The van der Waals surface area contributed by atoms with Crippen molar-refractivity contribution >= 4 is 17.6 Å². The van der Waals surface area contributed by atoms with Crippen molar-refractivity contribution in [3.05, 3.63) is 29.8 Å². The molecule has 0 bridgehead atoms. The fourth-order valence-electron chi connectivity index (χ4n) is 3.22. The lowest BCUT2D eigenvalue weighted by Gasteiger charge is -2.54. The number of urea groups is 1. The van der Waals surface area contributed by atoms with Crippen molar-refractivity contribution in [1.82, 2.24) is 4.90 Å². The second-order valence-corrected chi connectivity index (χ2v) is 6.50. The summed E-state index contributed by atoms with van der Waals surface area (Å²) in [5.74, 6) is -0.0776. The molecule has 1 aliphatic rings. The number of carbonyl (C=O) groups excluding carboxylic acids is 2. The van der Waals surface area contributed by atoms with Gasteiger partial charge in [-0.05, 0) is 31.5 Å². The molecule has 6 heteroatoms. The number of nitrogens with zero attached hydrogens (tertiary/aromatic N) is 1. The van der Waals surface area contributed by atoms with E-state index in [4.69, 9.17) is 10.5 Å². The molecule has 1 saturated carbocycles. The Morgan fingerprint density at radius 3 is 2.70 bits per heavy atom. The first kappa shape index (κ1) is 17.3. The standard InChI is InChI=1S/C17H25N3O3/c1-5-23-14-10-13(17(14,2)3)20(4)15(21)11-7-6-8-12(9-11)19-16(18)22/h6-9,13-14H,5,10H2,1-4H3,(H3,18,19,22). The van der Waals surface area contributed by atoms with E-state index in [1.165, 1.54) is 0 Å². The Hall–Kier alpha value is -2.08. The predicted octanol–water partition coefficient (Wildman–Crippen LogP) is 2.45. The molecule has 0 spiro atoms. The van der Waals surface area contributed by atoms with Crippen LogP contribution in [0.5, 0.6) is 0 Å². The summed E-state index contributed by atoms with van der Waals surface area (Å²) < 4.78 is 5.72. The summed E-state index contributed by atoms with van der Waals surface area (Å²) in [6.07, 6.45) is 1.01. The smallest absolute Gasteiger partial charge is 0.316 e. The molecule has 1 aromatic rings. The van der Waals surface area contributed by atoms with Crippen LogP contribution in [0.4, 0.5) is 10.5 Å². The van der Waals surface area contributed by atoms with Gasteiger partial charge in [0.2, 0.25) is 0 Å². The number of primary amides is 1. The number of anilines is 1. The topological polar surface area (TPSA) is 84.7 Å². The van der Waals surface area contributed by atoms with Crippen molar-refractivity contribution in [2.24, 2.45) is 11.1 Å². The Bertz CT molecular complexity index is 601. The molecule has 1 aromatic carbocycles. The molecule has 2 atom stereocenters. The summed E-state index contributed by atoms with van der Waals surface area (Å²) >= 11 is 0. The first-order chi connectivity index (χ1) is 10.8. The Balaban J connectivity index is 2.10. The molecule has 0 radical (unpaired) electrons. The SMILES string of the molecule is CCOC1CC(N(C)C(=O)c2cccc(NC(N)=O)c2)C1(C)C. The van der Waals surface area contributed by atoms with Crippen LogP contribution in [0.3, 0.4) is 0 Å². The largest absolute Gasteiger partial charge is 0.378 e. The number of nitrogens with two attached hydrogens (primary N) is 1. The minimum Gasteiger partial charge on any atom is -0.378 e. The second kappa shape index (κ2) is 6.58. The molecule has 0 heterocycles. The van der Waals surface area contributed by atoms with Gasteiger partial charge in [0, 0.05) is 36.4 Å². The Morgan fingerprint density at radius 2 is 2.13 bits per heavy atom. The van der Waals surface area contributed by atoms with Crippen LogP contribution in [0.25, 0.3) is 0 Å². The van der Waals surface area contributed by atoms with E-state index in [-0.39, 0.29) is 23.5 Å². The van der Waals surface area contributed by atoms with Crippen molar-refractivity contribution in [3.8, 4) is 0 Å². The quantitative estimate of drug-likeness (QED) is 0.874. The van der Waals surface area contributed by atoms with Crippen LogP contribution in [-0.4, -0.2) is 42.6 Å². The van der Waals surface area contributed by atoms with Crippen molar-refractivity contribution in [2.75, 3.05) is 19.0 Å². The zero-order chi connectivity index (χ0) is 17.2. The van der Waals surface area contributed by atoms with E-state index in [9.17, 15) is 9.59 Å². The number of ether oxygens (including phenoxy) is 1. The lowest BCUT2D eigenvalue weighted by atomic mass is 9.63. The highest BCUT2D eigenvalue weighted by Gasteiger charge is 2.51. The van der Waals surface area contributed by atoms with Crippen LogP contribution in [0.2, 0.25) is 0 Å². The van der Waals surface area contributed by atoms with Gasteiger partial charge >= 0.3 is 6.03 Å². The lowest BCUT2D eigenvalue weighted by Crippen LogP contribution is -2.62. The van der Waals surface area contributed by atoms with Gasteiger partial charge in [-0.1, -0.05) is 19.9 Å². The summed E-state index contributed by atoms with van der Waals surface area (Å²) in [5, 5.41) is 2.48. The third kappa shape index (κ3) is 3.47. The average Bonchev–Trinajstić information content (AvgIpc) is 2.49. The molecule has 1 fully saturated rings. The first-order valence-corrected chi connectivity index (χ1v) is 7.82. The maximum absolute atomic E-state index is 12.7. The Kier molecular flexibility index (Phi) is 4.94. The van der Waals surface area contributed by atoms with E-state index in [0.29, 0.717) is 17.9 Å². The summed E-state index contributed by atoms with van der Waals surface area (Å²) in [6, 6.07) is 6.26. The van der Waals surface area contributed by atoms with Gasteiger partial charge in [0.05, 0.1) is 6.10 Å². The van der Waals surface area contributed by atoms with Crippen LogP contribution in [0.15, 0.2) is 24.3 Å². The van der Waals surface area contributed by atoms with Gasteiger partial charge in [-0.3, -0.25) is 4.79 Å². The highest BCUT2D eigenvalue weighted by Crippen LogP contribution is 2.45. The molecule has 6 nitrogen and oxygen atoms in total. The maximum atomic E-state index is 12.7. The van der Waals surface area contributed by atoms with Crippen molar-refractivity contribution in [1.29, 1.82) is 0 Å². The van der Waals surface area contributed by atoms with Gasteiger partial charge in [-0.15, -0.1) is 0 Å². The van der Waals surface area contributed by atoms with Crippen LogP contribution in [-0.2, 0) is 4.74 Å². The summed E-state index contributed by atoms with van der Waals surface area (Å²) in [4.78, 5) is 25.4. The fourth-order valence-corrected chi connectivity index (χ4v) is 3.22. The van der Waals surface area contributed by atoms with E-state index in [2.05, 4.69) is 19.2 Å². The third-order valence-electron chi connectivity index (χ3n) is 4.66. The molecule has 23 heavy (non-hydrogen) atoms. The normalized spacial score (nSPS) is 22.1. The molecule has 0 aliphatic heterocycles. The van der Waals surface area contributed by atoms with Crippen molar-refractivity contribution in [3.63, 3.8) is 0 Å². The highest BCUT2D eigenvalue weighted by molar-refractivity contribution is 5.96. The van der Waals surface area contributed by atoms with Gasteiger partial charge in [0.25, 0.3) is 5.91 Å². The number of rotatable bonds is 5. The Labute approximate surface area is 137 Å². The minimum absolute atomic E-state index is 0.0776. The summed E-state index contributed by atoms with van der Waals surface area (Å²) in [7, 11) is 1.81. The molecule has 3 amide bonds. The van der Waals surface area contributed by atoms with E-state index in [1.807, 2.05) is 14.0 Å². The molecule has 0 saturated heterocycles. The molecule has 2 unspecified atom stereocenters. The molecule has 2 rings (SSSR count). The van der Waals surface area contributed by atoms with Gasteiger partial charge in [-0.25, -0.2) is 4.79 Å². The number of carbonyl (C=O) groups is 2. The van der Waals surface area contributed by atoms with Crippen molar-refractivity contribution < 1.29 is 14.3 Å². The van der Waals surface area contributed by atoms with Crippen LogP contribution in [0.1, 0.15) is 37.6 Å². The number of hydrogen-bond acceptors (Lipinski definition) is 3. The van der Waals surface area contributed by atoms with Gasteiger partial charge in [-0.2, -0.15) is 0 Å². The molecule has 3 N–H and O–H groups in total. The minimum atomic E-state index is -0.650. The number of benzene rings is 1. The average molecular weight is 319 g/mol. The zero-order valence-corrected chi connectivity index (χ0v) is 14.1. The Morgan fingerprint density at radius 1 is 1.43 bits per heavy atom. The summed E-state index contributed by atoms with van der Waals surface area (Å²) in [5.41, 5.74) is 6.06. The van der Waals surface area contributed by atoms with E-state index in [0.717, 1.165) is 6.42 Å². The van der Waals surface area contributed by atoms with Gasteiger partial charge in [0.1, 0.15) is 0 Å². The molecular formula is C17H25N3O3.